The predicted octanol–water partition coefficient (Wildman–Crippen LogP) is 3.48. The van der Waals surface area contributed by atoms with E-state index >= 15 is 0 Å². The van der Waals surface area contributed by atoms with E-state index < -0.39 is 50.9 Å². The van der Waals surface area contributed by atoms with Crippen LogP contribution < -0.4 is 19.8 Å². The highest BCUT2D eigenvalue weighted by molar-refractivity contribution is 7.98. The first-order chi connectivity index (χ1) is 17.6. The first-order valence-corrected chi connectivity index (χ1v) is 16.3. The third-order valence-electron chi connectivity index (χ3n) is 6.61. The molecule has 11 nitrogen and oxygen atoms in total. The second kappa shape index (κ2) is 12.7. The van der Waals surface area contributed by atoms with E-state index in [1.165, 1.54) is 18.9 Å². The van der Waals surface area contributed by atoms with Crippen LogP contribution in [0, 0.1) is 6.92 Å². The van der Waals surface area contributed by atoms with Gasteiger partial charge in [0.2, 0.25) is 14.2 Å². The second-order valence-electron chi connectivity index (χ2n) is 10.3. The highest BCUT2D eigenvalue weighted by Gasteiger charge is 2.40. The number of rotatable bonds is 6. The molecule has 0 aliphatic carbocycles. The molecule has 3 N–H and O–H groups in total. The van der Waals surface area contributed by atoms with Crippen LogP contribution in [0.5, 0.6) is 11.5 Å². The lowest BCUT2D eigenvalue weighted by Gasteiger charge is -2.37. The number of thioether (sulfide) groups is 1. The van der Waals surface area contributed by atoms with Crippen LogP contribution in [0.2, 0.25) is 18.1 Å². The molecule has 1 aromatic rings. The molecule has 1 aliphatic heterocycles. The Hall–Kier alpha value is -2.93. The fourth-order valence-corrected chi connectivity index (χ4v) is 5.56. The molecular weight excluding hydrogens is 532 g/mol. The van der Waals surface area contributed by atoms with Crippen molar-refractivity contribution < 1.29 is 42.9 Å². The standard InChI is InChI=1S/C25H38N2O9SSi/c1-9-34-18-10-19(36-38(7,8)25(3,4)5)15-12-37-13-17(22(29)33-6)26-21(28)16(27-24(31)32)11-35-23(30)20(15)14(18)2/h10,16-17,27H,9,11-13H2,1-8H3,(H,26,28)(H,31,32)/t16-,17-/m0/s1. The number of benzene rings is 1. The smallest absolute Gasteiger partial charge is 0.405 e. The van der Waals surface area contributed by atoms with Gasteiger partial charge < -0.3 is 34.4 Å². The van der Waals surface area contributed by atoms with Gasteiger partial charge in [-0.25, -0.2) is 14.4 Å². The number of esters is 2. The molecule has 0 saturated heterocycles. The van der Waals surface area contributed by atoms with Crippen LogP contribution in [0.4, 0.5) is 4.79 Å². The van der Waals surface area contributed by atoms with Crippen LogP contribution in [0.25, 0.3) is 0 Å². The minimum atomic E-state index is -2.36. The van der Waals surface area contributed by atoms with Gasteiger partial charge in [0.1, 0.15) is 30.2 Å². The third-order valence-corrected chi connectivity index (χ3v) is 12.0. The molecule has 0 spiro atoms. The van der Waals surface area contributed by atoms with Gasteiger partial charge in [-0.15, -0.1) is 0 Å². The molecule has 0 unspecified atom stereocenters. The summed E-state index contributed by atoms with van der Waals surface area (Å²) in [6.07, 6.45) is -1.49. The number of carbonyl (C=O) groups is 4. The van der Waals surface area contributed by atoms with Crippen molar-refractivity contribution in [3.63, 3.8) is 0 Å². The summed E-state index contributed by atoms with van der Waals surface area (Å²) < 4.78 is 22.8. The molecule has 0 saturated carbocycles. The topological polar surface area (TPSA) is 149 Å². The van der Waals surface area contributed by atoms with Crippen molar-refractivity contribution in [1.29, 1.82) is 0 Å². The average molecular weight is 571 g/mol. The van der Waals surface area contributed by atoms with Gasteiger partial charge in [-0.3, -0.25) is 4.79 Å². The van der Waals surface area contributed by atoms with Gasteiger partial charge in [-0.05, 0) is 32.0 Å². The van der Waals surface area contributed by atoms with Crippen LogP contribution in [0.1, 0.15) is 49.2 Å². The highest BCUT2D eigenvalue weighted by Crippen LogP contribution is 2.42. The van der Waals surface area contributed by atoms with Gasteiger partial charge in [0.15, 0.2) is 0 Å². The van der Waals surface area contributed by atoms with E-state index in [2.05, 4.69) is 39.2 Å². The molecule has 1 aliphatic rings. The fourth-order valence-electron chi connectivity index (χ4n) is 3.46. The number of hydrogen-bond acceptors (Lipinski definition) is 9. The second-order valence-corrected chi connectivity index (χ2v) is 16.1. The molecule has 212 valence electrons. The van der Waals surface area contributed by atoms with Crippen LogP contribution >= 0.6 is 11.8 Å². The minimum Gasteiger partial charge on any atom is -0.543 e. The van der Waals surface area contributed by atoms with Crippen molar-refractivity contribution in [2.75, 3.05) is 26.1 Å². The molecule has 2 atom stereocenters. The van der Waals surface area contributed by atoms with E-state index in [0.29, 0.717) is 29.2 Å². The molecule has 0 aromatic heterocycles. The molecule has 2 amide bonds. The number of cyclic esters (lactones) is 1. The molecule has 2 rings (SSSR count). The van der Waals surface area contributed by atoms with Crippen molar-refractivity contribution in [2.24, 2.45) is 0 Å². The van der Waals surface area contributed by atoms with Gasteiger partial charge in [-0.1, -0.05) is 20.8 Å². The van der Waals surface area contributed by atoms with Crippen molar-refractivity contribution >= 4 is 44.0 Å². The van der Waals surface area contributed by atoms with Crippen LogP contribution in [-0.2, 0) is 24.8 Å². The highest BCUT2D eigenvalue weighted by atomic mass is 32.2. The molecule has 0 bridgehead atoms. The van der Waals surface area contributed by atoms with E-state index in [9.17, 15) is 24.3 Å². The van der Waals surface area contributed by atoms with Crippen molar-refractivity contribution in [3.05, 3.63) is 22.8 Å². The maximum Gasteiger partial charge on any atom is 0.405 e. The van der Waals surface area contributed by atoms with Crippen LogP contribution in [0.15, 0.2) is 6.07 Å². The number of methoxy groups -OCH3 is 1. The maximum atomic E-state index is 13.5. The first kappa shape index (κ1) is 31.3. The van der Waals surface area contributed by atoms with E-state index in [1.54, 1.807) is 13.0 Å². The molecule has 1 aromatic carbocycles. The van der Waals surface area contributed by atoms with E-state index in [-0.39, 0.29) is 22.1 Å². The lowest BCUT2D eigenvalue weighted by molar-refractivity contribution is -0.144. The number of hydrogen-bond donors (Lipinski definition) is 3. The number of ether oxygens (including phenoxy) is 3. The summed E-state index contributed by atoms with van der Waals surface area (Å²) in [6, 6.07) is -0.718. The quantitative estimate of drug-likeness (QED) is 0.343. The summed E-state index contributed by atoms with van der Waals surface area (Å²) in [6.45, 7) is 13.8. The Labute approximate surface area is 228 Å². The van der Waals surface area contributed by atoms with Crippen molar-refractivity contribution in [1.82, 2.24) is 10.6 Å². The number of amides is 2. The van der Waals surface area contributed by atoms with Gasteiger partial charge in [0, 0.05) is 28.7 Å². The Morgan fingerprint density at radius 1 is 1.26 bits per heavy atom. The zero-order valence-corrected chi connectivity index (χ0v) is 25.0. The first-order valence-electron chi connectivity index (χ1n) is 12.2. The van der Waals surface area contributed by atoms with Crippen molar-refractivity contribution in [3.8, 4) is 11.5 Å². The molecule has 13 heteroatoms. The normalized spacial score (nSPS) is 19.1. The Kier molecular flexibility index (Phi) is 10.5. The zero-order valence-electron chi connectivity index (χ0n) is 23.2. The summed E-state index contributed by atoms with van der Waals surface area (Å²) in [5.41, 5.74) is 1.33. The SMILES string of the molecule is CCOc1cc(O[Si](C)(C)C(C)(C)C)c2c(c1C)C(=O)OC[C@H](NC(=O)O)C(=O)N[C@H](C(=O)OC)CSC2. The third kappa shape index (κ3) is 7.56. The van der Waals surface area contributed by atoms with Crippen LogP contribution in [-0.4, -0.2) is 75.5 Å². The van der Waals surface area contributed by atoms with Crippen LogP contribution in [0.3, 0.4) is 0 Å². The largest absolute Gasteiger partial charge is 0.543 e. The number of fused-ring (bicyclic) bond motifs is 1. The van der Waals surface area contributed by atoms with Gasteiger partial charge in [0.05, 0.1) is 19.3 Å². The van der Waals surface area contributed by atoms with Crippen molar-refractivity contribution in [2.45, 2.75) is 70.6 Å². The Bertz CT molecular complexity index is 1070. The van der Waals surface area contributed by atoms with E-state index in [0.717, 1.165) is 0 Å². The summed E-state index contributed by atoms with van der Waals surface area (Å²) in [7, 11) is -1.16. The summed E-state index contributed by atoms with van der Waals surface area (Å²) in [5.74, 6) is -0.927. The summed E-state index contributed by atoms with van der Waals surface area (Å²) in [5, 5.41) is 13.6. The monoisotopic (exact) mass is 570 g/mol. The van der Waals surface area contributed by atoms with Gasteiger partial charge in [-0.2, -0.15) is 11.8 Å². The molecular formula is C25H38N2O9SSi. The maximum absolute atomic E-state index is 13.5. The Balaban J connectivity index is 2.68. The minimum absolute atomic E-state index is 0.110. The average Bonchev–Trinajstić information content (AvgIpc) is 2.81. The lowest BCUT2D eigenvalue weighted by atomic mass is 10.0. The lowest BCUT2D eigenvalue weighted by Crippen LogP contribution is -2.54. The zero-order chi connectivity index (χ0) is 28.8. The van der Waals surface area contributed by atoms with E-state index in [1.807, 2.05) is 12.2 Å². The number of carbonyl (C=O) groups excluding carboxylic acids is 3. The Morgan fingerprint density at radius 3 is 2.47 bits per heavy atom. The Morgan fingerprint density at radius 2 is 1.92 bits per heavy atom. The summed E-state index contributed by atoms with van der Waals surface area (Å²) >= 11 is 1.29. The molecule has 0 radical (unpaired) electrons. The summed E-state index contributed by atoms with van der Waals surface area (Å²) in [4.78, 5) is 49.9. The van der Waals surface area contributed by atoms with Gasteiger partial charge in [0.25, 0.3) is 0 Å². The molecule has 0 fully saturated rings. The fraction of sp³-hybridized carbons (Fsp3) is 0.600. The molecule has 38 heavy (non-hydrogen) atoms. The molecule has 1 heterocycles. The van der Waals surface area contributed by atoms with Gasteiger partial charge >= 0.3 is 18.0 Å². The predicted molar refractivity (Wildman–Crippen MR) is 146 cm³/mol. The number of nitrogens with one attached hydrogen (secondary N) is 2. The van der Waals surface area contributed by atoms with E-state index in [4.69, 9.17) is 18.6 Å². The number of carboxylic acid groups (broad SMARTS) is 1.